The van der Waals surface area contributed by atoms with Crippen LogP contribution in [0.15, 0.2) is 17.6 Å². The lowest BCUT2D eigenvalue weighted by atomic mass is 10.0. The van der Waals surface area contributed by atoms with Crippen LogP contribution in [0.1, 0.15) is 40.0 Å². The predicted octanol–water partition coefficient (Wildman–Crippen LogP) is 4.51. The summed E-state index contributed by atoms with van der Waals surface area (Å²) in [5, 5.41) is 3.51. The number of nitrogens with zero attached hydrogens (tertiary/aromatic N) is 1. The Morgan fingerprint density at radius 3 is 2.79 bits per heavy atom. The molecule has 4 heteroatoms. The van der Waals surface area contributed by atoms with E-state index in [-0.39, 0.29) is 0 Å². The van der Waals surface area contributed by atoms with Crippen LogP contribution in [0.25, 0.3) is 10.2 Å². The fourth-order valence-corrected chi connectivity index (χ4v) is 2.94. The first-order valence-electron chi connectivity index (χ1n) is 6.96. The Hall–Kier alpha value is -1.29. The normalized spacial score (nSPS) is 13.1. The summed E-state index contributed by atoms with van der Waals surface area (Å²) in [4.78, 5) is 4.33. The minimum atomic E-state index is 0.442. The van der Waals surface area contributed by atoms with E-state index in [4.69, 9.17) is 5.73 Å². The van der Waals surface area contributed by atoms with Gasteiger partial charge in [0.1, 0.15) is 5.52 Å². The summed E-state index contributed by atoms with van der Waals surface area (Å²) >= 11 is 1.63. The van der Waals surface area contributed by atoms with Crippen LogP contribution >= 0.6 is 11.3 Å². The van der Waals surface area contributed by atoms with E-state index in [1.54, 1.807) is 11.3 Å². The fraction of sp³-hybridized carbons (Fsp3) is 0.533. The molecular weight excluding hydrogens is 254 g/mol. The van der Waals surface area contributed by atoms with Gasteiger partial charge in [0.05, 0.1) is 21.6 Å². The molecular formula is C15H23N3S. The molecule has 3 N–H and O–H groups in total. The van der Waals surface area contributed by atoms with E-state index in [1.807, 2.05) is 5.51 Å². The maximum Gasteiger partial charge on any atom is 0.106 e. The van der Waals surface area contributed by atoms with Gasteiger partial charge in [-0.2, -0.15) is 0 Å². The highest BCUT2D eigenvalue weighted by atomic mass is 32.1. The van der Waals surface area contributed by atoms with E-state index in [0.29, 0.717) is 6.04 Å². The number of anilines is 2. The predicted molar refractivity (Wildman–Crippen MR) is 85.8 cm³/mol. The van der Waals surface area contributed by atoms with Gasteiger partial charge >= 0.3 is 0 Å². The number of nitrogens with two attached hydrogens (primary N) is 1. The molecule has 0 aliphatic rings. The second kappa shape index (κ2) is 6.24. The van der Waals surface area contributed by atoms with Crippen LogP contribution in [0.3, 0.4) is 0 Å². The molecule has 0 fully saturated rings. The molecule has 1 aromatic carbocycles. The lowest BCUT2D eigenvalue weighted by Gasteiger charge is -2.17. The molecule has 0 saturated carbocycles. The van der Waals surface area contributed by atoms with E-state index < -0.39 is 0 Å². The first kappa shape index (κ1) is 14.1. The standard InChI is InChI=1S/C15H23N3S/c1-10(2)5-4-6-11(3)18-12-7-8-13-15(14(12)16)17-9-19-13/h7-11,18H,4-6,16H2,1-3H3. The molecule has 19 heavy (non-hydrogen) atoms. The second-order valence-electron chi connectivity index (χ2n) is 5.60. The monoisotopic (exact) mass is 277 g/mol. The Morgan fingerprint density at radius 1 is 1.26 bits per heavy atom. The smallest absolute Gasteiger partial charge is 0.106 e. The highest BCUT2D eigenvalue weighted by Gasteiger charge is 2.09. The van der Waals surface area contributed by atoms with Crippen LogP contribution in [-0.2, 0) is 0 Å². The molecule has 0 aliphatic heterocycles. The lowest BCUT2D eigenvalue weighted by molar-refractivity contribution is 0.520. The quantitative estimate of drug-likeness (QED) is 0.764. The lowest BCUT2D eigenvalue weighted by Crippen LogP contribution is -2.16. The summed E-state index contributed by atoms with van der Waals surface area (Å²) in [6, 6.07) is 4.60. The highest BCUT2D eigenvalue weighted by molar-refractivity contribution is 7.16. The van der Waals surface area contributed by atoms with Gasteiger partial charge < -0.3 is 11.1 Å². The average molecular weight is 277 g/mol. The average Bonchev–Trinajstić information content (AvgIpc) is 2.81. The third-order valence-corrected chi connectivity index (χ3v) is 4.16. The summed E-state index contributed by atoms with van der Waals surface area (Å²) < 4.78 is 1.15. The molecule has 2 rings (SSSR count). The van der Waals surface area contributed by atoms with E-state index in [9.17, 15) is 0 Å². The van der Waals surface area contributed by atoms with Crippen LogP contribution < -0.4 is 11.1 Å². The molecule has 0 radical (unpaired) electrons. The molecule has 104 valence electrons. The molecule has 3 nitrogen and oxygen atoms in total. The Morgan fingerprint density at radius 2 is 2.05 bits per heavy atom. The molecule has 1 aromatic heterocycles. The third kappa shape index (κ3) is 3.60. The Balaban J connectivity index is 1.98. The molecule has 1 atom stereocenters. The zero-order chi connectivity index (χ0) is 13.8. The maximum absolute atomic E-state index is 6.17. The van der Waals surface area contributed by atoms with Gasteiger partial charge in [-0.05, 0) is 31.4 Å². The summed E-state index contributed by atoms with van der Waals surface area (Å²) in [5.74, 6) is 0.781. The highest BCUT2D eigenvalue weighted by Crippen LogP contribution is 2.30. The third-order valence-electron chi connectivity index (χ3n) is 3.36. The molecule has 0 amide bonds. The van der Waals surface area contributed by atoms with E-state index >= 15 is 0 Å². The van der Waals surface area contributed by atoms with Crippen LogP contribution in [0.4, 0.5) is 11.4 Å². The first-order chi connectivity index (χ1) is 9.08. The first-order valence-corrected chi connectivity index (χ1v) is 7.84. The van der Waals surface area contributed by atoms with Crippen molar-refractivity contribution < 1.29 is 0 Å². The largest absolute Gasteiger partial charge is 0.395 e. The number of fused-ring (bicyclic) bond motifs is 1. The summed E-state index contributed by atoms with van der Waals surface area (Å²) in [5.41, 5.74) is 10.7. The number of hydrogen-bond donors (Lipinski definition) is 2. The van der Waals surface area contributed by atoms with E-state index in [2.05, 4.69) is 43.2 Å². The van der Waals surface area contributed by atoms with Crippen molar-refractivity contribution in [2.45, 2.75) is 46.1 Å². The number of rotatable bonds is 6. The minimum Gasteiger partial charge on any atom is -0.395 e. The van der Waals surface area contributed by atoms with Gasteiger partial charge in [-0.3, -0.25) is 0 Å². The zero-order valence-corrected chi connectivity index (χ0v) is 12.8. The molecule has 0 saturated heterocycles. The van der Waals surface area contributed by atoms with Gasteiger partial charge in [-0.1, -0.05) is 26.7 Å². The molecule has 0 aliphatic carbocycles. The van der Waals surface area contributed by atoms with Crippen LogP contribution in [0.5, 0.6) is 0 Å². The van der Waals surface area contributed by atoms with Crippen molar-refractivity contribution in [3.05, 3.63) is 17.6 Å². The Labute approximate surface area is 119 Å². The minimum absolute atomic E-state index is 0.442. The van der Waals surface area contributed by atoms with Crippen molar-refractivity contribution >= 4 is 32.9 Å². The van der Waals surface area contributed by atoms with Crippen molar-refractivity contribution in [3.63, 3.8) is 0 Å². The van der Waals surface area contributed by atoms with Gasteiger partial charge in [-0.25, -0.2) is 4.98 Å². The van der Waals surface area contributed by atoms with Gasteiger partial charge in [0.25, 0.3) is 0 Å². The van der Waals surface area contributed by atoms with Crippen molar-refractivity contribution in [2.24, 2.45) is 5.92 Å². The van der Waals surface area contributed by atoms with E-state index in [1.165, 1.54) is 19.3 Å². The fourth-order valence-electron chi connectivity index (χ4n) is 2.25. The number of nitrogen functional groups attached to an aromatic ring is 1. The Kier molecular flexibility index (Phi) is 4.64. The topological polar surface area (TPSA) is 50.9 Å². The summed E-state index contributed by atoms with van der Waals surface area (Å²) in [6.07, 6.45) is 3.71. The zero-order valence-electron chi connectivity index (χ0n) is 11.9. The summed E-state index contributed by atoms with van der Waals surface area (Å²) in [6.45, 7) is 6.75. The number of hydrogen-bond acceptors (Lipinski definition) is 4. The van der Waals surface area contributed by atoms with Crippen molar-refractivity contribution in [1.29, 1.82) is 0 Å². The molecule has 1 heterocycles. The number of thiazole rings is 1. The van der Waals surface area contributed by atoms with Crippen LogP contribution in [-0.4, -0.2) is 11.0 Å². The Bertz CT molecular complexity index is 533. The van der Waals surface area contributed by atoms with Crippen LogP contribution in [0, 0.1) is 5.92 Å². The van der Waals surface area contributed by atoms with Crippen LogP contribution in [0.2, 0.25) is 0 Å². The van der Waals surface area contributed by atoms with Crippen molar-refractivity contribution in [3.8, 4) is 0 Å². The maximum atomic E-state index is 6.17. The summed E-state index contributed by atoms with van der Waals surface area (Å²) in [7, 11) is 0. The van der Waals surface area contributed by atoms with Gasteiger partial charge in [-0.15, -0.1) is 11.3 Å². The molecule has 2 aromatic rings. The van der Waals surface area contributed by atoms with Gasteiger partial charge in [0.2, 0.25) is 0 Å². The molecule has 0 spiro atoms. The molecule has 1 unspecified atom stereocenters. The van der Waals surface area contributed by atoms with Gasteiger partial charge in [0.15, 0.2) is 0 Å². The van der Waals surface area contributed by atoms with Gasteiger partial charge in [0, 0.05) is 6.04 Å². The number of aromatic nitrogens is 1. The van der Waals surface area contributed by atoms with E-state index in [0.717, 1.165) is 27.5 Å². The number of nitrogens with one attached hydrogen (secondary N) is 1. The van der Waals surface area contributed by atoms with Crippen molar-refractivity contribution in [2.75, 3.05) is 11.1 Å². The second-order valence-corrected chi connectivity index (χ2v) is 6.48. The number of benzene rings is 1. The van der Waals surface area contributed by atoms with Crippen molar-refractivity contribution in [1.82, 2.24) is 4.98 Å². The SMILES string of the molecule is CC(C)CCCC(C)Nc1ccc2scnc2c1N. The molecule has 0 bridgehead atoms.